The second-order valence-electron chi connectivity index (χ2n) is 18.1. The summed E-state index contributed by atoms with van der Waals surface area (Å²) in [6, 6.07) is 5.57. The highest BCUT2D eigenvalue weighted by molar-refractivity contribution is 7.09. The number of ether oxygens (including phenoxy) is 1. The van der Waals surface area contributed by atoms with Crippen LogP contribution in [0.25, 0.3) is 0 Å². The summed E-state index contributed by atoms with van der Waals surface area (Å²) in [4.78, 5) is 75.8. The Morgan fingerprint density at radius 3 is 2.32 bits per heavy atom. The van der Waals surface area contributed by atoms with Crippen LogP contribution in [-0.2, 0) is 30.3 Å². The minimum absolute atomic E-state index is 0.0469. The van der Waals surface area contributed by atoms with Crippen molar-refractivity contribution in [3.05, 3.63) is 45.9 Å². The standard InChI is InChI=1S/C47H77N7O7S/c1-11-14-15-17-25-54(45(58)41(32(6)12-2)52-43(57)37-19-16-18-24-53(37)10)38(31(4)5)27-39(61-13-3)44-51-36(30-62-44)42(56)50-35(28-47(7,8)46(59)60)26-33-20-22-34(23-21-33)49-40(55)29-48-9/h20-23,30-32,35,37-39,41,48H,11-19,24-29H2,1-10H3,(H,49,55)(H,50,56)(H,52,57)(H,59,60)/t32-,35-,37+,38+,39+,41-/m0/s1. The van der Waals surface area contributed by atoms with E-state index in [2.05, 4.69) is 53.9 Å². The third kappa shape index (κ3) is 16.0. The summed E-state index contributed by atoms with van der Waals surface area (Å²) in [7, 11) is 3.68. The Balaban J connectivity index is 1.89. The highest BCUT2D eigenvalue weighted by Crippen LogP contribution is 2.32. The molecule has 0 bridgehead atoms. The van der Waals surface area contributed by atoms with Crippen molar-refractivity contribution in [1.29, 1.82) is 0 Å². The normalized spacial score (nSPS) is 17.1. The lowest BCUT2D eigenvalue weighted by Gasteiger charge is -2.40. The summed E-state index contributed by atoms with van der Waals surface area (Å²) in [6.45, 7) is 17.7. The number of amides is 4. The van der Waals surface area contributed by atoms with Gasteiger partial charge in [-0.2, -0.15) is 0 Å². The molecule has 3 rings (SSSR count). The number of carboxylic acids is 1. The minimum Gasteiger partial charge on any atom is -0.481 e. The number of carbonyl (C=O) groups excluding carboxylic acids is 4. The third-order valence-corrected chi connectivity index (χ3v) is 13.1. The van der Waals surface area contributed by atoms with Gasteiger partial charge in [-0.3, -0.25) is 28.9 Å². The van der Waals surface area contributed by atoms with Crippen molar-refractivity contribution in [3.63, 3.8) is 0 Å². The number of nitrogens with zero attached hydrogens (tertiary/aromatic N) is 3. The summed E-state index contributed by atoms with van der Waals surface area (Å²) in [6.07, 6.45) is 7.99. The highest BCUT2D eigenvalue weighted by atomic mass is 32.1. The predicted molar refractivity (Wildman–Crippen MR) is 247 cm³/mol. The van der Waals surface area contributed by atoms with Crippen LogP contribution in [0, 0.1) is 17.3 Å². The first-order valence-electron chi connectivity index (χ1n) is 22.9. The number of anilines is 1. The highest BCUT2D eigenvalue weighted by Gasteiger charge is 2.38. The van der Waals surface area contributed by atoms with Crippen LogP contribution in [0.1, 0.15) is 147 Å². The molecular formula is C47H77N7O7S. The molecule has 6 atom stereocenters. The van der Waals surface area contributed by atoms with Crippen molar-refractivity contribution in [2.24, 2.45) is 17.3 Å². The van der Waals surface area contributed by atoms with Gasteiger partial charge in [0.15, 0.2) is 0 Å². The molecule has 1 aromatic heterocycles. The van der Waals surface area contributed by atoms with Crippen molar-refractivity contribution in [3.8, 4) is 0 Å². The van der Waals surface area contributed by atoms with E-state index in [9.17, 15) is 29.1 Å². The van der Waals surface area contributed by atoms with Crippen molar-refractivity contribution < 1.29 is 33.8 Å². The Morgan fingerprint density at radius 1 is 1.02 bits per heavy atom. The van der Waals surface area contributed by atoms with E-state index in [1.807, 2.05) is 37.9 Å². The van der Waals surface area contributed by atoms with Gasteiger partial charge in [0.2, 0.25) is 17.7 Å². The molecule has 0 radical (unpaired) electrons. The van der Waals surface area contributed by atoms with E-state index in [1.165, 1.54) is 11.3 Å². The third-order valence-electron chi connectivity index (χ3n) is 12.1. The topological polar surface area (TPSA) is 182 Å². The van der Waals surface area contributed by atoms with Gasteiger partial charge in [0.1, 0.15) is 22.8 Å². The number of aliphatic carboxylic acids is 1. The van der Waals surface area contributed by atoms with Gasteiger partial charge in [-0.25, -0.2) is 4.98 Å². The second-order valence-corrected chi connectivity index (χ2v) is 19.0. The number of aromatic nitrogens is 1. The molecule has 1 fully saturated rings. The SMILES string of the molecule is CCCCCCN(C(=O)[C@@H](NC(=O)[C@H]1CCCCN1C)[C@@H](C)CC)[C@H](C[C@@H](OCC)c1nc(C(=O)N[C@@H](Cc2ccc(NC(=O)CNC)cc2)CC(C)(C)C(=O)O)cs1)C(C)C. The summed E-state index contributed by atoms with van der Waals surface area (Å²) in [5.41, 5.74) is 0.577. The number of unbranched alkanes of at least 4 members (excludes halogenated alkanes) is 3. The molecule has 5 N–H and O–H groups in total. The Labute approximate surface area is 375 Å². The molecule has 14 nitrogen and oxygen atoms in total. The van der Waals surface area contributed by atoms with Gasteiger partial charge in [-0.15, -0.1) is 11.3 Å². The first-order valence-corrected chi connectivity index (χ1v) is 23.8. The predicted octanol–water partition coefficient (Wildman–Crippen LogP) is 7.06. The van der Waals surface area contributed by atoms with Gasteiger partial charge >= 0.3 is 5.97 Å². The fourth-order valence-electron chi connectivity index (χ4n) is 8.14. The van der Waals surface area contributed by atoms with Gasteiger partial charge in [-0.1, -0.05) is 78.9 Å². The lowest BCUT2D eigenvalue weighted by atomic mass is 9.84. The number of likely N-dealkylation sites (tertiary alicyclic amines) is 1. The Morgan fingerprint density at radius 2 is 1.73 bits per heavy atom. The van der Waals surface area contributed by atoms with Crippen LogP contribution in [0.15, 0.2) is 29.6 Å². The molecule has 1 aliphatic heterocycles. The molecule has 0 spiro atoms. The number of hydrogen-bond acceptors (Lipinski definition) is 10. The van der Waals surface area contributed by atoms with E-state index in [4.69, 9.17) is 9.72 Å². The number of nitrogens with one attached hydrogen (secondary N) is 4. The number of benzene rings is 1. The van der Waals surface area contributed by atoms with Crippen LogP contribution in [0.5, 0.6) is 0 Å². The zero-order chi connectivity index (χ0) is 46.0. The molecule has 1 aliphatic rings. The van der Waals surface area contributed by atoms with E-state index in [1.54, 1.807) is 38.4 Å². The first kappa shape index (κ1) is 52.4. The largest absolute Gasteiger partial charge is 0.481 e. The first-order chi connectivity index (χ1) is 29.5. The average molecular weight is 884 g/mol. The molecule has 0 saturated carbocycles. The second kappa shape index (κ2) is 26.0. The number of carbonyl (C=O) groups is 5. The van der Waals surface area contributed by atoms with Crippen molar-refractivity contribution in [2.75, 3.05) is 45.7 Å². The van der Waals surface area contributed by atoms with Crippen LogP contribution in [-0.4, -0.2) is 114 Å². The van der Waals surface area contributed by atoms with Crippen LogP contribution in [0.2, 0.25) is 0 Å². The molecule has 0 unspecified atom stereocenters. The molecule has 4 amide bonds. The molecule has 1 saturated heterocycles. The van der Waals surface area contributed by atoms with E-state index in [0.717, 1.165) is 63.5 Å². The minimum atomic E-state index is -1.12. The summed E-state index contributed by atoms with van der Waals surface area (Å²) < 4.78 is 6.37. The molecule has 62 heavy (non-hydrogen) atoms. The van der Waals surface area contributed by atoms with E-state index in [0.29, 0.717) is 36.7 Å². The lowest BCUT2D eigenvalue weighted by Crippen LogP contribution is -2.59. The number of carboxylic acid groups (broad SMARTS) is 1. The molecule has 0 aliphatic carbocycles. The summed E-state index contributed by atoms with van der Waals surface area (Å²) in [5, 5.41) is 24.2. The summed E-state index contributed by atoms with van der Waals surface area (Å²) in [5.74, 6) is -1.75. The van der Waals surface area contributed by atoms with Crippen LogP contribution in [0.4, 0.5) is 5.69 Å². The molecule has 348 valence electrons. The maximum absolute atomic E-state index is 14.9. The van der Waals surface area contributed by atoms with Gasteiger partial charge in [0, 0.05) is 42.7 Å². The zero-order valence-electron chi connectivity index (χ0n) is 39.2. The van der Waals surface area contributed by atoms with E-state index < -0.39 is 35.5 Å². The maximum Gasteiger partial charge on any atom is 0.309 e. The Hall–Kier alpha value is -3.92. The number of rotatable bonds is 27. The smallest absolute Gasteiger partial charge is 0.309 e. The number of likely N-dealkylation sites (N-methyl/N-ethyl adjacent to an activating group) is 2. The maximum atomic E-state index is 14.9. The number of thiazole rings is 1. The Kier molecular flexibility index (Phi) is 22.0. The fourth-order valence-corrected chi connectivity index (χ4v) is 9.00. The lowest BCUT2D eigenvalue weighted by molar-refractivity contribution is -0.147. The van der Waals surface area contributed by atoms with Crippen molar-refractivity contribution >= 4 is 46.6 Å². The van der Waals surface area contributed by atoms with Gasteiger partial charge < -0.3 is 36.0 Å². The molecule has 15 heteroatoms. The number of piperidine rings is 1. The molecule has 2 aromatic rings. The monoisotopic (exact) mass is 884 g/mol. The fraction of sp³-hybridized carbons (Fsp3) is 0.702. The van der Waals surface area contributed by atoms with Gasteiger partial charge in [0.25, 0.3) is 5.91 Å². The van der Waals surface area contributed by atoms with Gasteiger partial charge in [0.05, 0.1) is 18.0 Å². The van der Waals surface area contributed by atoms with Crippen LogP contribution in [0.3, 0.4) is 0 Å². The Bertz CT molecular complexity index is 1720. The molecular weight excluding hydrogens is 807 g/mol. The van der Waals surface area contributed by atoms with Crippen LogP contribution >= 0.6 is 11.3 Å². The number of hydrogen-bond donors (Lipinski definition) is 5. The van der Waals surface area contributed by atoms with Gasteiger partial charge in [-0.05, 0) is 103 Å². The van der Waals surface area contributed by atoms with Crippen molar-refractivity contribution in [2.45, 2.75) is 156 Å². The average Bonchev–Trinajstić information content (AvgIpc) is 3.73. The van der Waals surface area contributed by atoms with Crippen molar-refractivity contribution in [1.82, 2.24) is 30.7 Å². The molecule has 2 heterocycles. The van der Waals surface area contributed by atoms with Crippen LogP contribution < -0.4 is 21.3 Å². The zero-order valence-corrected chi connectivity index (χ0v) is 40.0. The van der Waals surface area contributed by atoms with E-state index >= 15 is 0 Å². The molecule has 1 aromatic carbocycles. The van der Waals surface area contributed by atoms with E-state index in [-0.39, 0.29) is 60.3 Å². The summed E-state index contributed by atoms with van der Waals surface area (Å²) >= 11 is 1.33. The quantitative estimate of drug-likeness (QED) is 0.0583.